The third-order valence-electron chi connectivity index (χ3n) is 2.31. The first kappa shape index (κ1) is 15.9. The van der Waals surface area contributed by atoms with Gasteiger partial charge in [0.1, 0.15) is 11.9 Å². The van der Waals surface area contributed by atoms with Crippen LogP contribution in [0.4, 0.5) is 4.39 Å². The minimum Gasteiger partial charge on any atom is -0.480 e. The molecule has 0 spiro atoms. The molecule has 0 fully saturated rings. The molecular weight excluding hydrogens is 329 g/mol. The zero-order valence-corrected chi connectivity index (χ0v) is 11.9. The van der Waals surface area contributed by atoms with Gasteiger partial charge in [0, 0.05) is 22.5 Å². The maximum absolute atomic E-state index is 13.4. The summed E-state index contributed by atoms with van der Waals surface area (Å²) in [4.78, 5) is 22.3. The van der Waals surface area contributed by atoms with Crippen LogP contribution in [0.3, 0.4) is 0 Å². The van der Waals surface area contributed by atoms with Crippen molar-refractivity contribution in [1.29, 1.82) is 0 Å². The lowest BCUT2D eigenvalue weighted by Gasteiger charge is -2.09. The van der Waals surface area contributed by atoms with Gasteiger partial charge >= 0.3 is 5.97 Å². The van der Waals surface area contributed by atoms with Crippen LogP contribution in [0.15, 0.2) is 28.7 Å². The van der Waals surface area contributed by atoms with Gasteiger partial charge in [-0.3, -0.25) is 4.79 Å². The molecular formula is C14H11BrFNO3. The maximum atomic E-state index is 13.4. The number of carboxylic acid groups (broad SMARTS) is 1. The van der Waals surface area contributed by atoms with E-state index in [4.69, 9.17) is 11.5 Å². The molecule has 0 radical (unpaired) electrons. The standard InChI is InChI=1S/C14H11BrFNO3/c1-2-3-12(14(19)20)17-13(18)7-4-9-8-10(15)5-6-11(9)16/h1,4-8,12H,3H2,(H,17,18)(H,19,20)/b7-4+. The summed E-state index contributed by atoms with van der Waals surface area (Å²) in [5, 5.41) is 11.0. The summed E-state index contributed by atoms with van der Waals surface area (Å²) >= 11 is 3.18. The Bertz CT molecular complexity index is 593. The van der Waals surface area contributed by atoms with E-state index in [-0.39, 0.29) is 12.0 Å². The van der Waals surface area contributed by atoms with Crippen LogP contribution < -0.4 is 5.32 Å². The molecule has 1 atom stereocenters. The summed E-state index contributed by atoms with van der Waals surface area (Å²) in [6.45, 7) is 0. The average Bonchev–Trinajstić information content (AvgIpc) is 2.39. The van der Waals surface area contributed by atoms with Gasteiger partial charge in [0.15, 0.2) is 0 Å². The fraction of sp³-hybridized carbons (Fsp3) is 0.143. The zero-order valence-electron chi connectivity index (χ0n) is 10.3. The normalized spacial score (nSPS) is 11.8. The summed E-state index contributed by atoms with van der Waals surface area (Å²) in [7, 11) is 0. The van der Waals surface area contributed by atoms with E-state index in [1.165, 1.54) is 24.3 Å². The van der Waals surface area contributed by atoms with Crippen LogP contribution in [0.5, 0.6) is 0 Å². The summed E-state index contributed by atoms with van der Waals surface area (Å²) in [6.07, 6.45) is 7.19. The number of carbonyl (C=O) groups excluding carboxylic acids is 1. The molecule has 0 aromatic heterocycles. The average molecular weight is 340 g/mol. The highest BCUT2D eigenvalue weighted by Gasteiger charge is 2.17. The molecule has 0 heterocycles. The summed E-state index contributed by atoms with van der Waals surface area (Å²) in [5.74, 6) is -0.215. The Labute approximate surface area is 123 Å². The third kappa shape index (κ3) is 4.86. The number of nitrogens with one attached hydrogen (secondary N) is 1. The number of carbonyl (C=O) groups is 2. The molecule has 1 unspecified atom stereocenters. The Morgan fingerprint density at radius 2 is 2.25 bits per heavy atom. The lowest BCUT2D eigenvalue weighted by molar-refractivity contribution is -0.141. The van der Waals surface area contributed by atoms with E-state index in [0.717, 1.165) is 6.08 Å². The van der Waals surface area contributed by atoms with E-state index in [1.807, 2.05) is 0 Å². The molecule has 0 saturated heterocycles. The van der Waals surface area contributed by atoms with E-state index in [9.17, 15) is 14.0 Å². The van der Waals surface area contributed by atoms with Crippen molar-refractivity contribution in [3.8, 4) is 12.3 Å². The van der Waals surface area contributed by atoms with E-state index in [2.05, 4.69) is 27.2 Å². The Hall–Kier alpha value is -2.13. The smallest absolute Gasteiger partial charge is 0.327 e. The second-order valence-corrected chi connectivity index (χ2v) is 4.72. The van der Waals surface area contributed by atoms with Gasteiger partial charge in [0.25, 0.3) is 0 Å². The van der Waals surface area contributed by atoms with Crippen LogP contribution in [-0.4, -0.2) is 23.0 Å². The van der Waals surface area contributed by atoms with Gasteiger partial charge in [-0.1, -0.05) is 15.9 Å². The summed E-state index contributed by atoms with van der Waals surface area (Å²) in [6, 6.07) is 3.11. The van der Waals surface area contributed by atoms with Gasteiger partial charge in [-0.15, -0.1) is 12.3 Å². The van der Waals surface area contributed by atoms with Gasteiger partial charge in [0.2, 0.25) is 5.91 Å². The van der Waals surface area contributed by atoms with Crippen LogP contribution in [-0.2, 0) is 9.59 Å². The highest BCUT2D eigenvalue weighted by Crippen LogP contribution is 2.16. The van der Waals surface area contributed by atoms with Crippen LogP contribution in [0, 0.1) is 18.2 Å². The van der Waals surface area contributed by atoms with Gasteiger partial charge in [-0.2, -0.15) is 0 Å². The van der Waals surface area contributed by atoms with E-state index in [1.54, 1.807) is 0 Å². The molecule has 0 bridgehead atoms. The zero-order chi connectivity index (χ0) is 15.1. The van der Waals surface area contributed by atoms with Crippen molar-refractivity contribution in [2.75, 3.05) is 0 Å². The van der Waals surface area contributed by atoms with Crippen molar-refractivity contribution in [3.05, 3.63) is 40.1 Å². The number of benzene rings is 1. The van der Waals surface area contributed by atoms with Crippen molar-refractivity contribution in [1.82, 2.24) is 5.32 Å². The Kier molecular flexibility index (Phi) is 5.94. The second kappa shape index (κ2) is 7.46. The topological polar surface area (TPSA) is 66.4 Å². The molecule has 1 amide bonds. The number of hydrogen-bond donors (Lipinski definition) is 2. The van der Waals surface area contributed by atoms with Crippen molar-refractivity contribution in [2.24, 2.45) is 0 Å². The molecule has 0 aliphatic carbocycles. The number of carboxylic acids is 1. The Morgan fingerprint density at radius 3 is 2.85 bits per heavy atom. The van der Waals surface area contributed by atoms with Crippen molar-refractivity contribution in [3.63, 3.8) is 0 Å². The number of halogens is 2. The number of aliphatic carboxylic acids is 1. The molecule has 0 aliphatic heterocycles. The van der Waals surface area contributed by atoms with Gasteiger partial charge < -0.3 is 10.4 Å². The lowest BCUT2D eigenvalue weighted by Crippen LogP contribution is -2.39. The number of hydrogen-bond acceptors (Lipinski definition) is 2. The van der Waals surface area contributed by atoms with Gasteiger partial charge in [-0.25, -0.2) is 9.18 Å². The van der Waals surface area contributed by atoms with Crippen molar-refractivity contribution >= 4 is 33.9 Å². The fourth-order valence-electron chi connectivity index (χ4n) is 1.35. The van der Waals surface area contributed by atoms with E-state index < -0.39 is 23.7 Å². The van der Waals surface area contributed by atoms with Crippen molar-refractivity contribution in [2.45, 2.75) is 12.5 Å². The fourth-order valence-corrected chi connectivity index (χ4v) is 1.72. The molecule has 4 nitrogen and oxygen atoms in total. The predicted molar refractivity (Wildman–Crippen MR) is 76.2 cm³/mol. The SMILES string of the molecule is C#CCC(NC(=O)/C=C/c1cc(Br)ccc1F)C(=O)O. The largest absolute Gasteiger partial charge is 0.480 e. The minimum atomic E-state index is -1.22. The number of rotatable bonds is 5. The van der Waals surface area contributed by atoms with Crippen molar-refractivity contribution < 1.29 is 19.1 Å². The predicted octanol–water partition coefficient (Wildman–Crippen LogP) is 2.19. The molecule has 104 valence electrons. The van der Waals surface area contributed by atoms with Crippen LogP contribution in [0.1, 0.15) is 12.0 Å². The minimum absolute atomic E-state index is 0.125. The summed E-state index contributed by atoms with van der Waals surface area (Å²) < 4.78 is 14.1. The Balaban J connectivity index is 2.75. The molecule has 20 heavy (non-hydrogen) atoms. The van der Waals surface area contributed by atoms with E-state index in [0.29, 0.717) is 4.47 Å². The Morgan fingerprint density at radius 1 is 1.55 bits per heavy atom. The number of terminal acetylenes is 1. The first-order valence-electron chi connectivity index (χ1n) is 5.54. The van der Waals surface area contributed by atoms with Crippen LogP contribution in [0.25, 0.3) is 6.08 Å². The molecule has 1 aromatic carbocycles. The van der Waals surface area contributed by atoms with Gasteiger partial charge in [0.05, 0.1) is 0 Å². The molecule has 2 N–H and O–H groups in total. The molecule has 0 saturated carbocycles. The lowest BCUT2D eigenvalue weighted by atomic mass is 10.2. The molecule has 0 aliphatic rings. The van der Waals surface area contributed by atoms with Crippen LogP contribution in [0.2, 0.25) is 0 Å². The maximum Gasteiger partial charge on any atom is 0.327 e. The molecule has 1 aromatic rings. The van der Waals surface area contributed by atoms with Crippen LogP contribution >= 0.6 is 15.9 Å². The molecule has 6 heteroatoms. The monoisotopic (exact) mass is 339 g/mol. The quantitative estimate of drug-likeness (QED) is 0.638. The highest BCUT2D eigenvalue weighted by atomic mass is 79.9. The highest BCUT2D eigenvalue weighted by molar-refractivity contribution is 9.10. The second-order valence-electron chi connectivity index (χ2n) is 3.81. The number of amides is 1. The van der Waals surface area contributed by atoms with E-state index >= 15 is 0 Å². The molecule has 1 rings (SSSR count). The summed E-state index contributed by atoms with van der Waals surface area (Å²) in [5.41, 5.74) is 0.207. The third-order valence-corrected chi connectivity index (χ3v) is 2.80. The van der Waals surface area contributed by atoms with Gasteiger partial charge in [-0.05, 0) is 24.3 Å². The first-order chi connectivity index (χ1) is 9.43. The first-order valence-corrected chi connectivity index (χ1v) is 6.33.